The van der Waals surface area contributed by atoms with Gasteiger partial charge in [0.1, 0.15) is 5.76 Å². The third kappa shape index (κ3) is 3.45. The van der Waals surface area contributed by atoms with Gasteiger partial charge < -0.3 is 13.7 Å². The standard InChI is InChI=1S/C16H24N4O3/c1-10-18-15(23-19-10)12-6-11(21-5)8-20(12)9-14-17-7-13(22-14)16(2,3)4/h7,11-12H,6,8-9H2,1-5H3/t11-,12-/m1/s1. The molecule has 3 rings (SSSR count). The summed E-state index contributed by atoms with van der Waals surface area (Å²) in [6.45, 7) is 9.54. The van der Waals surface area contributed by atoms with Gasteiger partial charge in [0.25, 0.3) is 0 Å². The molecule has 0 N–H and O–H groups in total. The maximum absolute atomic E-state index is 5.91. The normalized spacial score (nSPS) is 22.8. The van der Waals surface area contributed by atoms with E-state index in [9.17, 15) is 0 Å². The van der Waals surface area contributed by atoms with Gasteiger partial charge in [0, 0.05) is 19.1 Å². The highest BCUT2D eigenvalue weighted by molar-refractivity contribution is 5.07. The van der Waals surface area contributed by atoms with Gasteiger partial charge in [-0.2, -0.15) is 4.98 Å². The highest BCUT2D eigenvalue weighted by atomic mass is 16.5. The van der Waals surface area contributed by atoms with Crippen molar-refractivity contribution in [2.75, 3.05) is 13.7 Å². The molecule has 0 bridgehead atoms. The van der Waals surface area contributed by atoms with Crippen molar-refractivity contribution in [1.82, 2.24) is 20.0 Å². The molecule has 2 aromatic heterocycles. The second-order valence-electron chi connectivity index (χ2n) is 7.09. The molecule has 1 fully saturated rings. The molecule has 0 aromatic carbocycles. The maximum Gasteiger partial charge on any atom is 0.244 e. The molecule has 23 heavy (non-hydrogen) atoms. The van der Waals surface area contributed by atoms with Crippen LogP contribution in [-0.4, -0.2) is 39.8 Å². The van der Waals surface area contributed by atoms with Crippen LogP contribution in [-0.2, 0) is 16.7 Å². The lowest BCUT2D eigenvalue weighted by molar-refractivity contribution is 0.105. The van der Waals surface area contributed by atoms with Crippen LogP contribution in [0.1, 0.15) is 56.6 Å². The molecule has 1 aliphatic heterocycles. The number of methoxy groups -OCH3 is 1. The summed E-state index contributed by atoms with van der Waals surface area (Å²) >= 11 is 0. The lowest BCUT2D eigenvalue weighted by Crippen LogP contribution is -2.25. The van der Waals surface area contributed by atoms with E-state index in [-0.39, 0.29) is 17.6 Å². The summed E-state index contributed by atoms with van der Waals surface area (Å²) in [5.41, 5.74) is -0.0473. The molecule has 0 radical (unpaired) electrons. The lowest BCUT2D eigenvalue weighted by Gasteiger charge is -2.19. The third-order valence-electron chi connectivity index (χ3n) is 4.16. The van der Waals surface area contributed by atoms with Gasteiger partial charge in [0.2, 0.25) is 11.8 Å². The van der Waals surface area contributed by atoms with Crippen molar-refractivity contribution in [3.63, 3.8) is 0 Å². The van der Waals surface area contributed by atoms with Crippen LogP contribution in [0.4, 0.5) is 0 Å². The second-order valence-corrected chi connectivity index (χ2v) is 7.09. The Morgan fingerprint density at radius 3 is 2.74 bits per heavy atom. The zero-order chi connectivity index (χ0) is 16.6. The molecular formula is C16H24N4O3. The Kier molecular flexibility index (Phi) is 4.25. The van der Waals surface area contributed by atoms with E-state index in [1.54, 1.807) is 7.11 Å². The number of hydrogen-bond acceptors (Lipinski definition) is 7. The first-order chi connectivity index (χ1) is 10.9. The molecule has 2 atom stereocenters. The fraction of sp³-hybridized carbons (Fsp3) is 0.688. The van der Waals surface area contributed by atoms with Crippen molar-refractivity contribution in [1.29, 1.82) is 0 Å². The predicted molar refractivity (Wildman–Crippen MR) is 82.8 cm³/mol. The molecule has 7 nitrogen and oxygen atoms in total. The Bertz CT molecular complexity index is 658. The first-order valence-electron chi connectivity index (χ1n) is 7.89. The Hall–Kier alpha value is -1.73. The first kappa shape index (κ1) is 16.1. The van der Waals surface area contributed by atoms with Crippen LogP contribution in [0.2, 0.25) is 0 Å². The minimum absolute atomic E-state index is 0.0335. The van der Waals surface area contributed by atoms with Gasteiger partial charge in [0.15, 0.2) is 5.82 Å². The molecule has 0 spiro atoms. The van der Waals surface area contributed by atoms with Gasteiger partial charge in [0.05, 0.1) is 24.9 Å². The number of nitrogens with zero attached hydrogens (tertiary/aromatic N) is 4. The van der Waals surface area contributed by atoms with E-state index in [4.69, 9.17) is 13.7 Å². The van der Waals surface area contributed by atoms with Crippen LogP contribution in [0.25, 0.3) is 0 Å². The fourth-order valence-corrected chi connectivity index (χ4v) is 2.82. The Balaban J connectivity index is 1.77. The zero-order valence-electron chi connectivity index (χ0n) is 14.4. The van der Waals surface area contributed by atoms with E-state index in [0.717, 1.165) is 18.7 Å². The van der Waals surface area contributed by atoms with E-state index >= 15 is 0 Å². The predicted octanol–water partition coefficient (Wildman–Crippen LogP) is 2.63. The van der Waals surface area contributed by atoms with E-state index in [1.807, 2.05) is 13.1 Å². The third-order valence-corrected chi connectivity index (χ3v) is 4.16. The van der Waals surface area contributed by atoms with Gasteiger partial charge in [-0.1, -0.05) is 25.9 Å². The quantitative estimate of drug-likeness (QED) is 0.857. The minimum atomic E-state index is -0.0473. The number of likely N-dealkylation sites (tertiary alicyclic amines) is 1. The summed E-state index contributed by atoms with van der Waals surface area (Å²) in [5.74, 6) is 2.87. The van der Waals surface area contributed by atoms with E-state index in [0.29, 0.717) is 24.2 Å². The van der Waals surface area contributed by atoms with Gasteiger partial charge >= 0.3 is 0 Å². The van der Waals surface area contributed by atoms with Gasteiger partial charge in [-0.15, -0.1) is 0 Å². The number of aromatic nitrogens is 3. The monoisotopic (exact) mass is 320 g/mol. The number of aryl methyl sites for hydroxylation is 1. The fourth-order valence-electron chi connectivity index (χ4n) is 2.82. The molecule has 0 unspecified atom stereocenters. The summed E-state index contributed by atoms with van der Waals surface area (Å²) in [4.78, 5) is 11.0. The van der Waals surface area contributed by atoms with Crippen molar-refractivity contribution in [2.24, 2.45) is 0 Å². The lowest BCUT2D eigenvalue weighted by atomic mass is 9.94. The van der Waals surface area contributed by atoms with Crippen molar-refractivity contribution in [3.05, 3.63) is 29.6 Å². The van der Waals surface area contributed by atoms with E-state index < -0.39 is 0 Å². The second kappa shape index (κ2) is 6.05. The van der Waals surface area contributed by atoms with Crippen LogP contribution in [0.3, 0.4) is 0 Å². The number of rotatable bonds is 4. The van der Waals surface area contributed by atoms with Crippen molar-refractivity contribution in [2.45, 2.75) is 58.2 Å². The smallest absolute Gasteiger partial charge is 0.244 e. The van der Waals surface area contributed by atoms with E-state index in [1.165, 1.54) is 0 Å². The number of hydrogen-bond donors (Lipinski definition) is 0. The number of oxazole rings is 1. The summed E-state index contributed by atoms with van der Waals surface area (Å²) < 4.78 is 16.8. The Morgan fingerprint density at radius 2 is 2.17 bits per heavy atom. The van der Waals surface area contributed by atoms with E-state index in [2.05, 4.69) is 40.8 Å². The van der Waals surface area contributed by atoms with Crippen LogP contribution >= 0.6 is 0 Å². The molecular weight excluding hydrogens is 296 g/mol. The van der Waals surface area contributed by atoms with Crippen molar-refractivity contribution < 1.29 is 13.7 Å². The largest absolute Gasteiger partial charge is 0.444 e. The Morgan fingerprint density at radius 1 is 1.39 bits per heavy atom. The highest BCUT2D eigenvalue weighted by Crippen LogP contribution is 2.34. The SMILES string of the molecule is CO[C@@H]1C[C@H](c2nc(C)no2)N(Cc2ncc(C(C)(C)C)o2)C1. The van der Waals surface area contributed by atoms with Crippen LogP contribution in [0.5, 0.6) is 0 Å². The summed E-state index contributed by atoms with van der Waals surface area (Å²) in [6.07, 6.45) is 2.78. The number of ether oxygens (including phenoxy) is 1. The summed E-state index contributed by atoms with van der Waals surface area (Å²) in [5, 5.41) is 3.90. The van der Waals surface area contributed by atoms with Crippen molar-refractivity contribution >= 4 is 0 Å². The molecule has 7 heteroatoms. The average Bonchev–Trinajstić information content (AvgIpc) is 3.17. The highest BCUT2D eigenvalue weighted by Gasteiger charge is 2.37. The first-order valence-corrected chi connectivity index (χ1v) is 7.89. The summed E-state index contributed by atoms with van der Waals surface area (Å²) in [6, 6.07) is 0.0335. The average molecular weight is 320 g/mol. The molecule has 126 valence electrons. The molecule has 0 amide bonds. The maximum atomic E-state index is 5.91. The molecule has 1 saturated heterocycles. The minimum Gasteiger partial charge on any atom is -0.444 e. The molecule has 3 heterocycles. The van der Waals surface area contributed by atoms with Gasteiger partial charge in [-0.25, -0.2) is 4.98 Å². The van der Waals surface area contributed by atoms with Crippen molar-refractivity contribution in [3.8, 4) is 0 Å². The topological polar surface area (TPSA) is 77.4 Å². The summed E-state index contributed by atoms with van der Waals surface area (Å²) in [7, 11) is 1.73. The zero-order valence-corrected chi connectivity index (χ0v) is 14.4. The molecule has 0 saturated carbocycles. The van der Waals surface area contributed by atoms with Crippen LogP contribution < -0.4 is 0 Å². The molecule has 1 aliphatic rings. The van der Waals surface area contributed by atoms with Gasteiger partial charge in [-0.3, -0.25) is 4.90 Å². The van der Waals surface area contributed by atoms with Crippen LogP contribution in [0, 0.1) is 6.92 Å². The molecule has 0 aliphatic carbocycles. The van der Waals surface area contributed by atoms with Gasteiger partial charge in [-0.05, 0) is 13.3 Å². The van der Waals surface area contributed by atoms with Crippen LogP contribution in [0.15, 0.2) is 15.1 Å². The Labute approximate surface area is 136 Å². The molecule has 2 aromatic rings.